The molecule has 5 nitrogen and oxygen atoms in total. The first-order chi connectivity index (χ1) is 9.83. The number of benzene rings is 1. The number of rotatable bonds is 1. The highest BCUT2D eigenvalue weighted by atomic mass is 16.4. The summed E-state index contributed by atoms with van der Waals surface area (Å²) in [5.41, 5.74) is 1.24. The van der Waals surface area contributed by atoms with Gasteiger partial charge in [0, 0.05) is 18.0 Å². The molecule has 0 fully saturated rings. The van der Waals surface area contributed by atoms with E-state index in [1.807, 2.05) is 6.07 Å². The van der Waals surface area contributed by atoms with Crippen molar-refractivity contribution in [3.63, 3.8) is 0 Å². The summed E-state index contributed by atoms with van der Waals surface area (Å²) < 4.78 is 5.40. The molecule has 0 aliphatic carbocycles. The predicted molar refractivity (Wildman–Crippen MR) is 71.6 cm³/mol. The van der Waals surface area contributed by atoms with Crippen molar-refractivity contribution >= 4 is 0 Å². The molecule has 0 saturated heterocycles. The molecule has 0 saturated carbocycles. The van der Waals surface area contributed by atoms with Gasteiger partial charge in [-0.25, -0.2) is 0 Å². The number of para-hydroxylation sites is 1. The Labute approximate surface area is 114 Å². The molecule has 3 aromatic rings. The molecule has 96 valence electrons. The highest BCUT2D eigenvalue weighted by Gasteiger charge is 2.10. The van der Waals surface area contributed by atoms with Gasteiger partial charge in [0.1, 0.15) is 5.75 Å². The van der Waals surface area contributed by atoms with Crippen LogP contribution >= 0.6 is 0 Å². The molecular weight excluding hydrogens is 254 g/mol. The van der Waals surface area contributed by atoms with Gasteiger partial charge in [-0.1, -0.05) is 23.2 Å². The average molecular weight is 263 g/mol. The Bertz CT molecular complexity index is 785. The minimum absolute atomic E-state index is 0.0860. The molecule has 3 rings (SSSR count). The smallest absolute Gasteiger partial charge is 0.294 e. The largest absolute Gasteiger partial charge is 0.507 e. The maximum absolute atomic E-state index is 9.71. The van der Waals surface area contributed by atoms with E-state index in [1.165, 1.54) is 0 Å². The van der Waals surface area contributed by atoms with E-state index in [0.717, 1.165) is 5.56 Å². The number of phenols is 1. The van der Waals surface area contributed by atoms with Crippen LogP contribution in [-0.2, 0) is 0 Å². The van der Waals surface area contributed by atoms with E-state index in [2.05, 4.69) is 27.0 Å². The minimum Gasteiger partial charge on any atom is -0.507 e. The Balaban J connectivity index is 1.89. The summed E-state index contributed by atoms with van der Waals surface area (Å²) in [6.45, 7) is 0. The lowest BCUT2D eigenvalue weighted by molar-refractivity contribution is 0.472. The number of phenolic OH excluding ortho intramolecular Hbond substituents is 1. The molecule has 0 amide bonds. The molecule has 2 aromatic heterocycles. The Morgan fingerprint density at radius 2 is 1.90 bits per heavy atom. The minimum atomic E-state index is 0.0860. The molecule has 20 heavy (non-hydrogen) atoms. The molecule has 1 aromatic carbocycles. The van der Waals surface area contributed by atoms with Crippen molar-refractivity contribution in [3.8, 4) is 29.0 Å². The van der Waals surface area contributed by atoms with Gasteiger partial charge in [-0.3, -0.25) is 4.98 Å². The van der Waals surface area contributed by atoms with E-state index in [1.54, 1.807) is 42.7 Å². The molecule has 0 bridgehead atoms. The highest BCUT2D eigenvalue weighted by molar-refractivity contribution is 5.61. The lowest BCUT2D eigenvalue weighted by Crippen LogP contribution is -1.78. The van der Waals surface area contributed by atoms with E-state index >= 15 is 0 Å². The summed E-state index contributed by atoms with van der Waals surface area (Å²) in [6.07, 6.45) is 3.32. The number of aromatic hydroxyl groups is 1. The Morgan fingerprint density at radius 3 is 2.70 bits per heavy atom. The summed E-state index contributed by atoms with van der Waals surface area (Å²) in [5.74, 6) is 6.14. The molecule has 0 aliphatic rings. The normalized spacial score (nSPS) is 9.80. The van der Waals surface area contributed by atoms with Crippen LogP contribution in [0.15, 0.2) is 53.2 Å². The Morgan fingerprint density at radius 1 is 1.00 bits per heavy atom. The van der Waals surface area contributed by atoms with Gasteiger partial charge >= 0.3 is 0 Å². The summed E-state index contributed by atoms with van der Waals surface area (Å²) in [7, 11) is 0. The molecule has 0 atom stereocenters. The van der Waals surface area contributed by atoms with Crippen molar-refractivity contribution in [3.05, 3.63) is 60.2 Å². The van der Waals surface area contributed by atoms with Gasteiger partial charge in [-0.2, -0.15) is 0 Å². The van der Waals surface area contributed by atoms with Gasteiger partial charge in [0.2, 0.25) is 0 Å². The van der Waals surface area contributed by atoms with Crippen LogP contribution in [0.4, 0.5) is 0 Å². The van der Waals surface area contributed by atoms with E-state index in [4.69, 9.17) is 4.42 Å². The molecule has 5 heteroatoms. The third-order valence-corrected chi connectivity index (χ3v) is 2.53. The van der Waals surface area contributed by atoms with Crippen LogP contribution in [0.5, 0.6) is 5.75 Å². The van der Waals surface area contributed by atoms with Gasteiger partial charge < -0.3 is 9.52 Å². The van der Waals surface area contributed by atoms with Crippen molar-refractivity contribution in [2.45, 2.75) is 0 Å². The van der Waals surface area contributed by atoms with Crippen molar-refractivity contribution in [2.24, 2.45) is 0 Å². The fourth-order valence-electron chi connectivity index (χ4n) is 1.60. The zero-order valence-corrected chi connectivity index (χ0v) is 10.3. The first-order valence-corrected chi connectivity index (χ1v) is 5.87. The summed E-state index contributed by atoms with van der Waals surface area (Å²) in [6, 6.07) is 10.4. The third kappa shape index (κ3) is 2.49. The van der Waals surface area contributed by atoms with E-state index in [9.17, 15) is 5.11 Å². The number of pyridine rings is 1. The van der Waals surface area contributed by atoms with Gasteiger partial charge in [-0.05, 0) is 30.2 Å². The maximum atomic E-state index is 9.71. The lowest BCUT2D eigenvalue weighted by atomic mass is 10.2. The fourth-order valence-corrected chi connectivity index (χ4v) is 1.60. The predicted octanol–water partition coefficient (Wildman–Crippen LogP) is 2.24. The van der Waals surface area contributed by atoms with Crippen LogP contribution in [0.2, 0.25) is 0 Å². The standard InChI is InChI=1S/C15H9N3O2/c19-13-6-2-1-5-12(13)15-18-17-14(20-15)8-7-11-4-3-9-16-10-11/h1-6,9-10,19H. The highest BCUT2D eigenvalue weighted by Crippen LogP contribution is 2.26. The molecule has 0 spiro atoms. The van der Waals surface area contributed by atoms with Gasteiger partial charge in [0.15, 0.2) is 0 Å². The number of hydrogen-bond donors (Lipinski definition) is 1. The van der Waals surface area contributed by atoms with Crippen LogP contribution in [0.1, 0.15) is 11.5 Å². The van der Waals surface area contributed by atoms with Crippen LogP contribution in [-0.4, -0.2) is 20.3 Å². The van der Waals surface area contributed by atoms with E-state index in [-0.39, 0.29) is 17.5 Å². The van der Waals surface area contributed by atoms with Gasteiger partial charge in [0.25, 0.3) is 11.8 Å². The zero-order chi connectivity index (χ0) is 13.8. The number of hydrogen-bond acceptors (Lipinski definition) is 5. The van der Waals surface area contributed by atoms with Crippen molar-refractivity contribution in [1.82, 2.24) is 15.2 Å². The van der Waals surface area contributed by atoms with Gasteiger partial charge in [-0.15, -0.1) is 5.10 Å². The topological polar surface area (TPSA) is 72.0 Å². The van der Waals surface area contributed by atoms with Crippen molar-refractivity contribution in [1.29, 1.82) is 0 Å². The summed E-state index contributed by atoms with van der Waals surface area (Å²) in [4.78, 5) is 3.96. The lowest BCUT2D eigenvalue weighted by Gasteiger charge is -1.96. The molecule has 0 unspecified atom stereocenters. The van der Waals surface area contributed by atoms with Crippen molar-refractivity contribution < 1.29 is 9.52 Å². The second kappa shape index (κ2) is 5.24. The number of nitrogens with zero attached hydrogens (tertiary/aromatic N) is 3. The second-order valence-electron chi connectivity index (χ2n) is 3.92. The van der Waals surface area contributed by atoms with Gasteiger partial charge in [0.05, 0.1) is 5.56 Å². The summed E-state index contributed by atoms with van der Waals surface area (Å²) >= 11 is 0. The van der Waals surface area contributed by atoms with E-state index < -0.39 is 0 Å². The molecule has 1 N–H and O–H groups in total. The van der Waals surface area contributed by atoms with Crippen LogP contribution < -0.4 is 0 Å². The quantitative estimate of drug-likeness (QED) is 0.682. The third-order valence-electron chi connectivity index (χ3n) is 2.53. The van der Waals surface area contributed by atoms with E-state index in [0.29, 0.717) is 5.56 Å². The number of aromatic nitrogens is 3. The maximum Gasteiger partial charge on any atom is 0.294 e. The monoisotopic (exact) mass is 263 g/mol. The molecule has 0 radical (unpaired) electrons. The van der Waals surface area contributed by atoms with Crippen LogP contribution in [0, 0.1) is 11.8 Å². The first kappa shape index (κ1) is 11.9. The summed E-state index contributed by atoms with van der Waals surface area (Å²) in [5, 5.41) is 17.4. The Hall–Kier alpha value is -3.13. The van der Waals surface area contributed by atoms with Crippen molar-refractivity contribution in [2.75, 3.05) is 0 Å². The fraction of sp³-hybridized carbons (Fsp3) is 0. The molecule has 0 aliphatic heterocycles. The second-order valence-corrected chi connectivity index (χ2v) is 3.92. The SMILES string of the molecule is Oc1ccccc1-c1nnc(C#Cc2cccnc2)o1. The van der Waals surface area contributed by atoms with Crippen LogP contribution in [0.3, 0.4) is 0 Å². The molecule has 2 heterocycles. The molecular formula is C15H9N3O2. The average Bonchev–Trinajstić information content (AvgIpc) is 2.95. The van der Waals surface area contributed by atoms with Crippen LogP contribution in [0.25, 0.3) is 11.5 Å². The Kier molecular flexibility index (Phi) is 3.13. The zero-order valence-electron chi connectivity index (χ0n) is 10.3. The first-order valence-electron chi connectivity index (χ1n) is 5.87.